The number of carbonyl (C=O) groups is 1. The molecule has 0 saturated heterocycles. The molecule has 3 atom stereocenters. The molecule has 31 heavy (non-hydrogen) atoms. The van der Waals surface area contributed by atoms with Crippen LogP contribution >= 0.6 is 0 Å². The molecular formula is C22H24F2N4O3. The van der Waals surface area contributed by atoms with Crippen LogP contribution in [0.25, 0.3) is 0 Å². The smallest absolute Gasteiger partial charge is 0.280 e. The molecule has 2 N–H and O–H groups in total. The molecule has 0 spiro atoms. The fourth-order valence-corrected chi connectivity index (χ4v) is 4.51. The second-order valence-corrected chi connectivity index (χ2v) is 8.17. The molecule has 2 aliphatic heterocycles. The number of halogens is 2. The van der Waals surface area contributed by atoms with E-state index in [-0.39, 0.29) is 17.6 Å². The van der Waals surface area contributed by atoms with Gasteiger partial charge in [0.15, 0.2) is 11.5 Å². The van der Waals surface area contributed by atoms with Gasteiger partial charge in [0.1, 0.15) is 11.1 Å². The molecule has 0 bridgehead atoms. The zero-order valence-corrected chi connectivity index (χ0v) is 17.3. The van der Waals surface area contributed by atoms with Crippen molar-refractivity contribution in [3.8, 4) is 11.5 Å². The largest absolute Gasteiger partial charge is 0.493 e. The predicted molar refractivity (Wildman–Crippen MR) is 110 cm³/mol. The van der Waals surface area contributed by atoms with Crippen LogP contribution < -0.4 is 20.1 Å². The Hall–Kier alpha value is -3.10. The molecule has 4 aliphatic rings. The minimum Gasteiger partial charge on any atom is -0.493 e. The van der Waals surface area contributed by atoms with Gasteiger partial charge in [-0.15, -0.1) is 0 Å². The molecule has 7 nitrogen and oxygen atoms in total. The van der Waals surface area contributed by atoms with E-state index in [1.807, 2.05) is 18.2 Å². The summed E-state index contributed by atoms with van der Waals surface area (Å²) < 4.78 is 37.9. The number of hydrazone groups is 1. The molecule has 1 aromatic rings. The molecule has 5 rings (SSSR count). The predicted octanol–water partition coefficient (Wildman–Crippen LogP) is 2.20. The van der Waals surface area contributed by atoms with Crippen LogP contribution in [0.2, 0.25) is 0 Å². The zero-order valence-electron chi connectivity index (χ0n) is 17.3. The number of allylic oxidation sites excluding steroid dienone is 3. The first-order valence-electron chi connectivity index (χ1n) is 10.3. The maximum Gasteiger partial charge on any atom is 0.280 e. The Morgan fingerprint density at radius 3 is 2.77 bits per heavy atom. The van der Waals surface area contributed by atoms with E-state index in [9.17, 15) is 13.6 Å². The summed E-state index contributed by atoms with van der Waals surface area (Å²) in [5.41, 5.74) is 1.76. The molecule has 0 radical (unpaired) electrons. The molecule has 2 heterocycles. The summed E-state index contributed by atoms with van der Waals surface area (Å²) in [5, 5.41) is 11.8. The van der Waals surface area contributed by atoms with Crippen LogP contribution in [-0.4, -0.2) is 56.4 Å². The Balaban J connectivity index is 1.28. The summed E-state index contributed by atoms with van der Waals surface area (Å²) in [6.45, 7) is 0.412. The second-order valence-electron chi connectivity index (χ2n) is 8.17. The molecule has 9 heteroatoms. The van der Waals surface area contributed by atoms with Gasteiger partial charge < -0.3 is 20.1 Å². The van der Waals surface area contributed by atoms with Crippen LogP contribution in [0.5, 0.6) is 11.5 Å². The Kier molecular flexibility index (Phi) is 4.64. The van der Waals surface area contributed by atoms with Gasteiger partial charge in [-0.1, -0.05) is 6.07 Å². The number of hydrogen-bond acceptors (Lipinski definition) is 6. The van der Waals surface area contributed by atoms with E-state index < -0.39 is 17.9 Å². The van der Waals surface area contributed by atoms with Crippen molar-refractivity contribution in [1.29, 1.82) is 0 Å². The Labute approximate surface area is 178 Å². The van der Waals surface area contributed by atoms with E-state index >= 15 is 0 Å². The highest BCUT2D eigenvalue weighted by Crippen LogP contribution is 2.56. The van der Waals surface area contributed by atoms with E-state index in [0.29, 0.717) is 24.5 Å². The third kappa shape index (κ3) is 3.14. The standard InChI is InChI=1S/C22H24F2N4O3/c1-30-16-6-3-12(9-17(16)31-2)7-8-25-21(29)22-11-26-28-15(20(23)24)10-14(13-4-5-13)27-18(22)19(22)28/h3,6,9-11,18-20,27H,4-5,7-8H2,1-2H3,(H,25,29). The lowest BCUT2D eigenvalue weighted by Crippen LogP contribution is -2.39. The molecule has 3 unspecified atom stereocenters. The quantitative estimate of drug-likeness (QED) is 0.694. The molecule has 2 aliphatic carbocycles. The van der Waals surface area contributed by atoms with Crippen molar-refractivity contribution in [3.05, 3.63) is 46.8 Å². The van der Waals surface area contributed by atoms with Crippen molar-refractivity contribution in [3.63, 3.8) is 0 Å². The van der Waals surface area contributed by atoms with Crippen LogP contribution in [0.4, 0.5) is 8.78 Å². The van der Waals surface area contributed by atoms with Gasteiger partial charge in [-0.2, -0.15) is 5.10 Å². The number of nitrogens with one attached hydrogen (secondary N) is 2. The van der Waals surface area contributed by atoms with Gasteiger partial charge in [-0.25, -0.2) is 8.78 Å². The number of rotatable bonds is 7. The molecule has 2 fully saturated rings. The number of hydrogen-bond donors (Lipinski definition) is 2. The van der Waals surface area contributed by atoms with Crippen LogP contribution in [0.15, 0.2) is 46.3 Å². The van der Waals surface area contributed by atoms with E-state index in [1.165, 1.54) is 17.3 Å². The zero-order chi connectivity index (χ0) is 21.8. The molecule has 1 aromatic carbocycles. The SMILES string of the molecule is COc1ccc(CCNC(=O)C23C=NN4C(C(F)F)=CC(=C5CC5)NC2C43)cc1OC. The first-order valence-corrected chi connectivity index (χ1v) is 10.3. The van der Waals surface area contributed by atoms with Crippen LogP contribution in [0.1, 0.15) is 18.4 Å². The summed E-state index contributed by atoms with van der Waals surface area (Å²) in [6.07, 6.45) is 2.76. The number of alkyl halides is 2. The molecule has 164 valence electrons. The lowest BCUT2D eigenvalue weighted by Gasteiger charge is -2.18. The van der Waals surface area contributed by atoms with Crippen molar-refractivity contribution >= 4 is 12.1 Å². The molecule has 2 saturated carbocycles. The fourth-order valence-electron chi connectivity index (χ4n) is 4.51. The van der Waals surface area contributed by atoms with Gasteiger partial charge in [0.2, 0.25) is 5.91 Å². The summed E-state index contributed by atoms with van der Waals surface area (Å²) in [7, 11) is 3.15. The fraction of sp³-hybridized carbons (Fsp3) is 0.455. The number of benzene rings is 1. The monoisotopic (exact) mass is 430 g/mol. The van der Waals surface area contributed by atoms with E-state index in [4.69, 9.17) is 9.47 Å². The number of fused-ring (bicyclic) bond motifs is 1. The summed E-state index contributed by atoms with van der Waals surface area (Å²) in [4.78, 5) is 13.1. The van der Waals surface area contributed by atoms with Gasteiger partial charge in [0.05, 0.1) is 26.3 Å². The Morgan fingerprint density at radius 2 is 2.10 bits per heavy atom. The maximum atomic E-state index is 13.7. The third-order valence-electron chi connectivity index (χ3n) is 6.38. The minimum absolute atomic E-state index is 0.150. The van der Waals surface area contributed by atoms with Crippen molar-refractivity contribution in [1.82, 2.24) is 15.6 Å². The van der Waals surface area contributed by atoms with E-state index in [2.05, 4.69) is 15.7 Å². The lowest BCUT2D eigenvalue weighted by atomic mass is 10.1. The van der Waals surface area contributed by atoms with Crippen molar-refractivity contribution < 1.29 is 23.0 Å². The molecule has 0 aromatic heterocycles. The highest BCUT2D eigenvalue weighted by atomic mass is 19.3. The lowest BCUT2D eigenvalue weighted by molar-refractivity contribution is -0.124. The molecular weight excluding hydrogens is 406 g/mol. The van der Waals surface area contributed by atoms with Gasteiger partial charge in [-0.05, 0) is 48.6 Å². The minimum atomic E-state index is -2.66. The maximum absolute atomic E-state index is 13.7. The van der Waals surface area contributed by atoms with E-state index in [0.717, 1.165) is 29.7 Å². The number of carbonyl (C=O) groups excluding carboxylic acids is 1. The van der Waals surface area contributed by atoms with Gasteiger partial charge >= 0.3 is 0 Å². The van der Waals surface area contributed by atoms with Crippen LogP contribution in [0.3, 0.4) is 0 Å². The van der Waals surface area contributed by atoms with Gasteiger partial charge in [-0.3, -0.25) is 9.80 Å². The van der Waals surface area contributed by atoms with Crippen LogP contribution in [0, 0.1) is 5.41 Å². The second kappa shape index (κ2) is 7.25. The van der Waals surface area contributed by atoms with Gasteiger partial charge in [0, 0.05) is 18.5 Å². The highest BCUT2D eigenvalue weighted by Gasteiger charge is 2.76. The van der Waals surface area contributed by atoms with Crippen molar-refractivity contribution in [2.45, 2.75) is 37.8 Å². The number of nitrogens with zero attached hydrogens (tertiary/aromatic N) is 2. The first kappa shape index (κ1) is 19.8. The average molecular weight is 430 g/mol. The van der Waals surface area contributed by atoms with Crippen LogP contribution in [-0.2, 0) is 11.2 Å². The topological polar surface area (TPSA) is 75.2 Å². The third-order valence-corrected chi connectivity index (χ3v) is 6.38. The summed E-state index contributed by atoms with van der Waals surface area (Å²) in [5.74, 6) is 1.07. The van der Waals surface area contributed by atoms with Crippen molar-refractivity contribution in [2.24, 2.45) is 10.5 Å². The summed E-state index contributed by atoms with van der Waals surface area (Å²) in [6, 6.07) is 4.93. The Morgan fingerprint density at radius 1 is 1.32 bits per heavy atom. The van der Waals surface area contributed by atoms with E-state index in [1.54, 1.807) is 14.2 Å². The number of amides is 1. The number of methoxy groups -OCH3 is 2. The molecule has 1 amide bonds. The Bertz CT molecular complexity index is 1020. The highest BCUT2D eigenvalue weighted by molar-refractivity contribution is 6.06. The normalized spacial score (nSPS) is 27.4. The summed E-state index contributed by atoms with van der Waals surface area (Å²) >= 11 is 0. The van der Waals surface area contributed by atoms with Crippen molar-refractivity contribution in [2.75, 3.05) is 20.8 Å². The number of ether oxygens (including phenoxy) is 2. The van der Waals surface area contributed by atoms with Gasteiger partial charge in [0.25, 0.3) is 6.43 Å². The first-order chi connectivity index (χ1) is 15.0. The average Bonchev–Trinajstić information content (AvgIpc) is 3.67.